The van der Waals surface area contributed by atoms with Crippen LogP contribution in [0.1, 0.15) is 6.42 Å². The van der Waals surface area contributed by atoms with Gasteiger partial charge in [0.15, 0.2) is 5.34 Å². The Kier molecular flexibility index (Phi) is 7.98. The lowest BCUT2D eigenvalue weighted by Gasteiger charge is -1.99. The predicted octanol–water partition coefficient (Wildman–Crippen LogP) is -0.985. The summed E-state index contributed by atoms with van der Waals surface area (Å²) in [6, 6.07) is -1.29. The van der Waals surface area contributed by atoms with Crippen molar-refractivity contribution < 1.29 is 25.0 Å². The van der Waals surface area contributed by atoms with E-state index in [1.54, 1.807) is 0 Å². The molecule has 0 amide bonds. The largest absolute Gasteiger partial charge is 0.481 e. The van der Waals surface area contributed by atoms with Crippen LogP contribution in [0.2, 0.25) is 0 Å². The zero-order valence-electron chi connectivity index (χ0n) is 5.88. The van der Waals surface area contributed by atoms with Gasteiger partial charge in [0.05, 0.1) is 6.42 Å². The van der Waals surface area contributed by atoms with Gasteiger partial charge in [-0.1, -0.05) is 0 Å². The summed E-state index contributed by atoms with van der Waals surface area (Å²) in [4.78, 5) is 27.7. The fraction of sp³-hybridized carbons (Fsp3) is 0.500. The maximum absolute atomic E-state index is 9.85. The number of aliphatic carboxylic acids is 2. The normalized spacial score (nSPS) is 10.4. The van der Waals surface area contributed by atoms with E-state index in [-0.39, 0.29) is 0 Å². The fourth-order valence-electron chi connectivity index (χ4n) is 0.275. The first-order chi connectivity index (χ1) is 5.45. The Labute approximate surface area is 66.5 Å². The molecule has 12 heavy (non-hydrogen) atoms. The molecule has 0 saturated heterocycles. The Morgan fingerprint density at radius 3 is 1.83 bits per heavy atom. The van der Waals surface area contributed by atoms with Crippen molar-refractivity contribution in [3.05, 3.63) is 4.91 Å². The highest BCUT2D eigenvalue weighted by molar-refractivity contribution is 5.80. The molecule has 0 aliphatic carbocycles. The van der Waals surface area contributed by atoms with Crippen molar-refractivity contribution in [3.8, 4) is 0 Å². The van der Waals surface area contributed by atoms with E-state index in [0.717, 1.165) is 0 Å². The maximum Gasteiger partial charge on any atom is 0.321 e. The molecular formula is C4H8N2O6. The minimum Gasteiger partial charge on any atom is -0.481 e. The van der Waals surface area contributed by atoms with Crippen LogP contribution in [-0.2, 0) is 9.59 Å². The molecule has 0 rings (SSSR count). The van der Waals surface area contributed by atoms with Gasteiger partial charge in [-0.25, -0.2) is 0 Å². The van der Waals surface area contributed by atoms with Gasteiger partial charge in [0.25, 0.3) is 0 Å². The Morgan fingerprint density at radius 1 is 1.42 bits per heavy atom. The molecule has 0 aromatic heterocycles. The highest BCUT2D eigenvalue weighted by Gasteiger charge is 2.14. The lowest BCUT2D eigenvalue weighted by atomic mass is 10.2. The van der Waals surface area contributed by atoms with Crippen LogP contribution in [0.5, 0.6) is 0 Å². The van der Waals surface area contributed by atoms with Gasteiger partial charge in [-0.3, -0.25) is 9.59 Å². The van der Waals surface area contributed by atoms with Crippen LogP contribution >= 0.6 is 0 Å². The van der Waals surface area contributed by atoms with Gasteiger partial charge < -0.3 is 21.2 Å². The molecule has 0 heterocycles. The SMILES string of the molecule is NC(CC(=O)O)C(=O)O.O=NO. The molecule has 70 valence electrons. The number of carbonyl (C=O) groups is 2. The molecular weight excluding hydrogens is 172 g/mol. The Balaban J connectivity index is 0. The summed E-state index contributed by atoms with van der Waals surface area (Å²) in [6.07, 6.45) is -0.532. The highest BCUT2D eigenvalue weighted by Crippen LogP contribution is 1.86. The van der Waals surface area contributed by atoms with Crippen LogP contribution in [0.4, 0.5) is 0 Å². The quantitative estimate of drug-likeness (QED) is 0.321. The Hall–Kier alpha value is -1.70. The second-order valence-electron chi connectivity index (χ2n) is 1.62. The zero-order chi connectivity index (χ0) is 10.1. The van der Waals surface area contributed by atoms with Crippen LogP contribution in [0, 0.1) is 4.91 Å². The van der Waals surface area contributed by atoms with E-state index in [0.29, 0.717) is 0 Å². The first kappa shape index (κ1) is 12.9. The third kappa shape index (κ3) is 11.1. The second-order valence-corrected chi connectivity index (χ2v) is 1.62. The van der Waals surface area contributed by atoms with Crippen molar-refractivity contribution in [1.82, 2.24) is 0 Å². The van der Waals surface area contributed by atoms with E-state index in [9.17, 15) is 9.59 Å². The number of rotatable bonds is 3. The molecule has 0 aliphatic rings. The van der Waals surface area contributed by atoms with E-state index in [1.165, 1.54) is 5.34 Å². The highest BCUT2D eigenvalue weighted by atomic mass is 16.6. The molecule has 0 spiro atoms. The molecule has 0 aliphatic heterocycles. The average Bonchev–Trinajstić information content (AvgIpc) is 1.87. The number of carboxylic acids is 2. The van der Waals surface area contributed by atoms with Crippen LogP contribution in [-0.4, -0.2) is 33.4 Å². The van der Waals surface area contributed by atoms with Crippen LogP contribution < -0.4 is 5.73 Å². The maximum atomic E-state index is 9.85. The summed E-state index contributed by atoms with van der Waals surface area (Å²) in [5.74, 6) is -2.50. The fourth-order valence-corrected chi connectivity index (χ4v) is 0.275. The molecule has 0 saturated carbocycles. The number of nitrogens with zero attached hydrogens (tertiary/aromatic N) is 1. The van der Waals surface area contributed by atoms with Crippen LogP contribution in [0.15, 0.2) is 5.34 Å². The third-order valence-corrected chi connectivity index (χ3v) is 0.712. The zero-order valence-corrected chi connectivity index (χ0v) is 5.88. The molecule has 0 fully saturated rings. The molecule has 0 bridgehead atoms. The molecule has 8 nitrogen and oxygen atoms in total. The number of hydrogen-bond acceptors (Lipinski definition) is 5. The summed E-state index contributed by atoms with van der Waals surface area (Å²) in [6.45, 7) is 0. The van der Waals surface area contributed by atoms with Gasteiger partial charge in [-0.2, -0.15) is 0 Å². The van der Waals surface area contributed by atoms with E-state index in [4.69, 9.17) is 26.1 Å². The first-order valence-corrected chi connectivity index (χ1v) is 2.62. The Morgan fingerprint density at radius 2 is 1.75 bits per heavy atom. The van der Waals surface area contributed by atoms with E-state index >= 15 is 0 Å². The van der Waals surface area contributed by atoms with Gasteiger partial charge in [-0.05, 0) is 0 Å². The summed E-state index contributed by atoms with van der Waals surface area (Å²) in [7, 11) is 0. The van der Waals surface area contributed by atoms with E-state index in [2.05, 4.69) is 0 Å². The number of carboxylic acid groups (broad SMARTS) is 2. The van der Waals surface area contributed by atoms with Gasteiger partial charge >= 0.3 is 11.9 Å². The minimum absolute atomic E-state index is 0.532. The van der Waals surface area contributed by atoms with E-state index in [1.807, 2.05) is 0 Å². The lowest BCUT2D eigenvalue weighted by Crippen LogP contribution is -2.32. The van der Waals surface area contributed by atoms with Crippen molar-refractivity contribution in [2.75, 3.05) is 0 Å². The molecule has 0 aromatic rings. The van der Waals surface area contributed by atoms with Gasteiger partial charge in [0, 0.05) is 0 Å². The second kappa shape index (κ2) is 7.41. The number of nitrogens with two attached hydrogens (primary N) is 1. The minimum atomic E-state index is -1.29. The van der Waals surface area contributed by atoms with Crippen molar-refractivity contribution in [3.63, 3.8) is 0 Å². The Bertz CT molecular complexity index is 169. The molecule has 5 N–H and O–H groups in total. The summed E-state index contributed by atoms with van der Waals surface area (Å²) in [5, 5.41) is 23.9. The molecule has 1 unspecified atom stereocenters. The van der Waals surface area contributed by atoms with Gasteiger partial charge in [0.1, 0.15) is 6.04 Å². The van der Waals surface area contributed by atoms with Gasteiger partial charge in [0.2, 0.25) is 0 Å². The number of hydrogen-bond donors (Lipinski definition) is 4. The molecule has 0 radical (unpaired) electrons. The summed E-state index contributed by atoms with van der Waals surface area (Å²) >= 11 is 0. The van der Waals surface area contributed by atoms with Crippen molar-refractivity contribution in [1.29, 1.82) is 0 Å². The standard InChI is InChI=1S/C4H7NO4.HNO2/c5-2(4(8)9)1-3(6)7;2-1-3/h2H,1,5H2,(H,6,7)(H,8,9);(H,2,3). The summed E-state index contributed by atoms with van der Waals surface area (Å²) in [5.41, 5.74) is 4.84. The predicted molar refractivity (Wildman–Crippen MR) is 35.4 cm³/mol. The molecule has 8 heteroatoms. The van der Waals surface area contributed by atoms with Crippen molar-refractivity contribution in [2.45, 2.75) is 12.5 Å². The monoisotopic (exact) mass is 180 g/mol. The lowest BCUT2D eigenvalue weighted by molar-refractivity contribution is -0.144. The average molecular weight is 180 g/mol. The molecule has 0 aromatic carbocycles. The van der Waals surface area contributed by atoms with Crippen molar-refractivity contribution >= 4 is 11.9 Å². The first-order valence-electron chi connectivity index (χ1n) is 2.62. The smallest absolute Gasteiger partial charge is 0.321 e. The van der Waals surface area contributed by atoms with E-state index < -0.39 is 24.4 Å². The van der Waals surface area contributed by atoms with Gasteiger partial charge in [-0.15, -0.1) is 4.91 Å². The van der Waals surface area contributed by atoms with Crippen LogP contribution in [0.25, 0.3) is 0 Å². The molecule has 1 atom stereocenters. The van der Waals surface area contributed by atoms with Crippen molar-refractivity contribution in [2.24, 2.45) is 11.1 Å². The summed E-state index contributed by atoms with van der Waals surface area (Å²) < 4.78 is 0. The topological polar surface area (TPSA) is 150 Å². The van der Waals surface area contributed by atoms with Crippen LogP contribution in [0.3, 0.4) is 0 Å². The third-order valence-electron chi connectivity index (χ3n) is 0.712.